The Bertz CT molecular complexity index is 981. The molecule has 0 unspecified atom stereocenters. The molecule has 2 aliphatic rings. The molecule has 0 aromatic carbocycles. The van der Waals surface area contributed by atoms with Crippen LogP contribution in [0.25, 0.3) is 0 Å². The summed E-state index contributed by atoms with van der Waals surface area (Å²) in [6.07, 6.45) is 3.67. The van der Waals surface area contributed by atoms with Crippen LogP contribution in [0.4, 0.5) is 14.6 Å². The Labute approximate surface area is 180 Å². The SMILES string of the molecule is N[C@@H]1CC(F)(F)CC12CCN(c1ncc(Sc3ccnc(Cl)c3Cl)[nH]c1=O)CC2. The van der Waals surface area contributed by atoms with Crippen LogP contribution in [0.3, 0.4) is 0 Å². The summed E-state index contributed by atoms with van der Waals surface area (Å²) < 4.78 is 27.6. The Balaban J connectivity index is 1.47. The highest BCUT2D eigenvalue weighted by Gasteiger charge is 2.55. The summed E-state index contributed by atoms with van der Waals surface area (Å²) >= 11 is 13.3. The number of aromatic nitrogens is 3. The molecule has 1 saturated heterocycles. The first kappa shape index (κ1) is 20.8. The van der Waals surface area contributed by atoms with Crippen LogP contribution < -0.4 is 16.2 Å². The summed E-state index contributed by atoms with van der Waals surface area (Å²) in [4.78, 5) is 26.0. The number of hydrogen-bond donors (Lipinski definition) is 2. The number of H-pyrrole nitrogens is 1. The van der Waals surface area contributed by atoms with Crippen molar-refractivity contribution >= 4 is 40.8 Å². The topological polar surface area (TPSA) is 87.9 Å². The van der Waals surface area contributed by atoms with Gasteiger partial charge in [-0.25, -0.2) is 18.7 Å². The number of aromatic amines is 1. The van der Waals surface area contributed by atoms with Crippen molar-refractivity contribution in [3.05, 3.63) is 39.0 Å². The van der Waals surface area contributed by atoms with Gasteiger partial charge in [0.25, 0.3) is 5.56 Å². The zero-order valence-electron chi connectivity index (χ0n) is 15.3. The van der Waals surface area contributed by atoms with Crippen molar-refractivity contribution in [1.82, 2.24) is 15.0 Å². The lowest BCUT2D eigenvalue weighted by atomic mass is 9.74. The molecule has 0 amide bonds. The molecular weight excluding hydrogens is 443 g/mol. The Hall–Kier alpha value is -1.42. The van der Waals surface area contributed by atoms with Crippen LogP contribution in [-0.2, 0) is 0 Å². The number of piperidine rings is 1. The fourth-order valence-corrected chi connectivity index (χ4v) is 5.47. The second-order valence-electron chi connectivity index (χ2n) is 7.61. The van der Waals surface area contributed by atoms with E-state index in [-0.39, 0.29) is 29.4 Å². The van der Waals surface area contributed by atoms with E-state index in [0.717, 1.165) is 0 Å². The molecule has 1 saturated carbocycles. The third-order valence-electron chi connectivity index (χ3n) is 5.75. The lowest BCUT2D eigenvalue weighted by molar-refractivity contribution is -0.00684. The Morgan fingerprint density at radius 1 is 1.28 bits per heavy atom. The molecular formula is C18H19Cl2F2N5OS. The number of alkyl halides is 2. The lowest BCUT2D eigenvalue weighted by Crippen LogP contribution is -2.48. The fourth-order valence-electron chi connectivity index (χ4n) is 4.22. The predicted molar refractivity (Wildman–Crippen MR) is 109 cm³/mol. The van der Waals surface area contributed by atoms with Gasteiger partial charge in [-0.05, 0) is 24.3 Å². The molecule has 2 aromatic rings. The molecule has 0 bridgehead atoms. The van der Waals surface area contributed by atoms with Gasteiger partial charge < -0.3 is 15.6 Å². The highest BCUT2D eigenvalue weighted by molar-refractivity contribution is 7.99. The number of hydrogen-bond acceptors (Lipinski definition) is 6. The van der Waals surface area contributed by atoms with Gasteiger partial charge >= 0.3 is 0 Å². The van der Waals surface area contributed by atoms with Gasteiger partial charge in [-0.2, -0.15) is 0 Å². The van der Waals surface area contributed by atoms with Crippen molar-refractivity contribution in [1.29, 1.82) is 0 Å². The van der Waals surface area contributed by atoms with Gasteiger partial charge in [-0.3, -0.25) is 4.79 Å². The van der Waals surface area contributed by atoms with E-state index >= 15 is 0 Å². The molecule has 6 nitrogen and oxygen atoms in total. The molecule has 1 aliphatic carbocycles. The number of nitrogens with zero attached hydrogens (tertiary/aromatic N) is 3. The first-order chi connectivity index (χ1) is 13.7. The van der Waals surface area contributed by atoms with E-state index in [1.54, 1.807) is 12.3 Å². The largest absolute Gasteiger partial charge is 0.352 e. The maximum Gasteiger partial charge on any atom is 0.291 e. The molecule has 1 aliphatic heterocycles. The number of nitrogens with two attached hydrogens (primary N) is 1. The molecule has 156 valence electrons. The van der Waals surface area contributed by atoms with E-state index in [9.17, 15) is 13.6 Å². The summed E-state index contributed by atoms with van der Waals surface area (Å²) in [5.41, 5.74) is 5.14. The number of rotatable bonds is 3. The van der Waals surface area contributed by atoms with Crippen molar-refractivity contribution in [3.63, 3.8) is 0 Å². The van der Waals surface area contributed by atoms with Crippen molar-refractivity contribution < 1.29 is 8.78 Å². The van der Waals surface area contributed by atoms with E-state index in [0.29, 0.717) is 40.9 Å². The monoisotopic (exact) mass is 461 g/mol. The average Bonchev–Trinajstić information content (AvgIpc) is 2.88. The van der Waals surface area contributed by atoms with Crippen molar-refractivity contribution in [2.75, 3.05) is 18.0 Å². The van der Waals surface area contributed by atoms with E-state index < -0.39 is 17.4 Å². The molecule has 1 spiro atoms. The smallest absolute Gasteiger partial charge is 0.291 e. The highest BCUT2D eigenvalue weighted by Crippen LogP contribution is 2.52. The summed E-state index contributed by atoms with van der Waals surface area (Å²) in [6.45, 7) is 0.941. The van der Waals surface area contributed by atoms with Crippen molar-refractivity contribution in [2.45, 2.75) is 47.6 Å². The van der Waals surface area contributed by atoms with Crippen LogP contribution in [0.5, 0.6) is 0 Å². The highest BCUT2D eigenvalue weighted by atomic mass is 35.5. The van der Waals surface area contributed by atoms with Gasteiger partial charge in [0.05, 0.1) is 16.2 Å². The molecule has 1 atom stereocenters. The third kappa shape index (κ3) is 4.10. The Morgan fingerprint density at radius 2 is 2.00 bits per heavy atom. The van der Waals surface area contributed by atoms with Gasteiger partial charge in [0.15, 0.2) is 5.82 Å². The van der Waals surface area contributed by atoms with Crippen LogP contribution >= 0.6 is 35.0 Å². The summed E-state index contributed by atoms with van der Waals surface area (Å²) in [6, 6.07) is 1.18. The summed E-state index contributed by atoms with van der Waals surface area (Å²) in [7, 11) is 0. The second-order valence-corrected chi connectivity index (χ2v) is 9.43. The molecule has 2 fully saturated rings. The number of nitrogens with one attached hydrogen (secondary N) is 1. The average molecular weight is 462 g/mol. The molecule has 2 aromatic heterocycles. The predicted octanol–water partition coefficient (Wildman–Crippen LogP) is 3.97. The molecule has 0 radical (unpaired) electrons. The van der Waals surface area contributed by atoms with Gasteiger partial charge in [0.2, 0.25) is 5.92 Å². The first-order valence-corrected chi connectivity index (χ1v) is 10.7. The van der Waals surface area contributed by atoms with Crippen LogP contribution in [0, 0.1) is 5.41 Å². The van der Waals surface area contributed by atoms with Crippen molar-refractivity contribution in [2.24, 2.45) is 11.1 Å². The van der Waals surface area contributed by atoms with Crippen LogP contribution in [-0.4, -0.2) is 40.0 Å². The van der Waals surface area contributed by atoms with E-state index in [2.05, 4.69) is 15.0 Å². The summed E-state index contributed by atoms with van der Waals surface area (Å²) in [5.74, 6) is -2.42. The van der Waals surface area contributed by atoms with E-state index in [1.165, 1.54) is 18.0 Å². The summed E-state index contributed by atoms with van der Waals surface area (Å²) in [5, 5.41) is 0.991. The zero-order valence-corrected chi connectivity index (χ0v) is 17.6. The van der Waals surface area contributed by atoms with E-state index in [4.69, 9.17) is 28.9 Å². The first-order valence-electron chi connectivity index (χ1n) is 9.15. The second kappa shape index (κ2) is 7.68. The third-order valence-corrected chi connectivity index (χ3v) is 7.62. The van der Waals surface area contributed by atoms with E-state index in [1.807, 2.05) is 4.90 Å². The standard InChI is InChI=1S/C18H19Cl2F2N5OS/c19-13-10(1-4-24-14(13)20)29-12-8-25-15(16(28)26-12)27-5-2-17(3-6-27)9-18(21,22)7-11(17)23/h1,4,8,11H,2-3,5-7,9,23H2,(H,26,28)/t11-/m1/s1. The fraction of sp³-hybridized carbons (Fsp3) is 0.500. The van der Waals surface area contributed by atoms with Crippen LogP contribution in [0.1, 0.15) is 25.7 Å². The minimum Gasteiger partial charge on any atom is -0.352 e. The van der Waals surface area contributed by atoms with Crippen molar-refractivity contribution in [3.8, 4) is 0 Å². The minimum atomic E-state index is -2.70. The molecule has 11 heteroatoms. The number of anilines is 1. The molecule has 4 rings (SSSR count). The van der Waals surface area contributed by atoms with Crippen LogP contribution in [0.2, 0.25) is 10.2 Å². The maximum absolute atomic E-state index is 13.8. The quantitative estimate of drug-likeness (QED) is 0.672. The molecule has 29 heavy (non-hydrogen) atoms. The molecule has 3 heterocycles. The lowest BCUT2D eigenvalue weighted by Gasteiger charge is -2.41. The molecule has 3 N–H and O–H groups in total. The number of pyridine rings is 1. The minimum absolute atomic E-state index is 0.177. The number of halogens is 4. The normalized spacial score (nSPS) is 22.9. The van der Waals surface area contributed by atoms with Crippen LogP contribution in [0.15, 0.2) is 33.2 Å². The van der Waals surface area contributed by atoms with Gasteiger partial charge in [-0.15, -0.1) is 0 Å². The Kier molecular flexibility index (Phi) is 5.52. The van der Waals surface area contributed by atoms with Gasteiger partial charge in [0, 0.05) is 43.1 Å². The maximum atomic E-state index is 13.8. The Morgan fingerprint density at radius 3 is 2.62 bits per heavy atom. The van der Waals surface area contributed by atoms with Gasteiger partial charge in [-0.1, -0.05) is 35.0 Å². The zero-order chi connectivity index (χ0) is 20.8. The van der Waals surface area contributed by atoms with Gasteiger partial charge in [0.1, 0.15) is 5.15 Å².